The van der Waals surface area contributed by atoms with Gasteiger partial charge in [0.1, 0.15) is 0 Å². The van der Waals surface area contributed by atoms with Crippen LogP contribution in [0.3, 0.4) is 0 Å². The van der Waals surface area contributed by atoms with Crippen LogP contribution in [0.4, 0.5) is 10.8 Å². The SMILES string of the molecule is CC(=O)Nc1ccc(SCC(=O)Nc2nc(C)c(-c3nccn3C)s2)cc1. The lowest BCUT2D eigenvalue weighted by Gasteiger charge is -2.04. The average Bonchev–Trinajstić information content (AvgIpc) is 3.19. The Morgan fingerprint density at radius 2 is 1.96 bits per heavy atom. The molecule has 0 fully saturated rings. The standard InChI is InChI=1S/C18H19N5O2S2/c1-11-16(17-19-8-9-23(17)3)27-18(20-11)22-15(25)10-26-14-6-4-13(5-7-14)21-12(2)24/h4-9H,10H2,1-3H3,(H,21,24)(H,20,22,25). The molecule has 27 heavy (non-hydrogen) atoms. The van der Waals surface area contributed by atoms with Crippen molar-refractivity contribution >= 4 is 45.7 Å². The zero-order chi connectivity index (χ0) is 19.4. The number of aromatic nitrogens is 3. The van der Waals surface area contributed by atoms with Crippen molar-refractivity contribution in [3.63, 3.8) is 0 Å². The second-order valence-corrected chi connectivity index (χ2v) is 7.89. The second kappa shape index (κ2) is 8.36. The van der Waals surface area contributed by atoms with Gasteiger partial charge in [0.15, 0.2) is 11.0 Å². The number of hydrogen-bond donors (Lipinski definition) is 2. The van der Waals surface area contributed by atoms with Gasteiger partial charge in [-0.05, 0) is 31.2 Å². The van der Waals surface area contributed by atoms with E-state index in [0.29, 0.717) is 5.13 Å². The number of imidazole rings is 1. The van der Waals surface area contributed by atoms with E-state index in [1.807, 2.05) is 49.0 Å². The van der Waals surface area contributed by atoms with Crippen molar-refractivity contribution in [3.05, 3.63) is 42.4 Å². The Labute approximate surface area is 165 Å². The fourth-order valence-corrected chi connectivity index (χ4v) is 4.10. The molecule has 0 aliphatic rings. The molecule has 7 nitrogen and oxygen atoms in total. The van der Waals surface area contributed by atoms with Crippen LogP contribution in [0.2, 0.25) is 0 Å². The molecule has 0 atom stereocenters. The highest BCUT2D eigenvalue weighted by Crippen LogP contribution is 2.31. The summed E-state index contributed by atoms with van der Waals surface area (Å²) >= 11 is 2.84. The van der Waals surface area contributed by atoms with Gasteiger partial charge < -0.3 is 15.2 Å². The summed E-state index contributed by atoms with van der Waals surface area (Å²) in [4.78, 5) is 33.9. The van der Waals surface area contributed by atoms with E-state index in [4.69, 9.17) is 0 Å². The number of carbonyl (C=O) groups is 2. The minimum absolute atomic E-state index is 0.113. The van der Waals surface area contributed by atoms with E-state index in [1.54, 1.807) is 6.20 Å². The minimum Gasteiger partial charge on any atom is -0.333 e. The van der Waals surface area contributed by atoms with Crippen molar-refractivity contribution in [2.24, 2.45) is 7.05 Å². The van der Waals surface area contributed by atoms with Gasteiger partial charge in [-0.2, -0.15) is 0 Å². The number of rotatable bonds is 6. The van der Waals surface area contributed by atoms with E-state index in [1.165, 1.54) is 30.0 Å². The van der Waals surface area contributed by atoms with Crippen molar-refractivity contribution in [1.82, 2.24) is 14.5 Å². The molecule has 2 heterocycles. The number of thiazole rings is 1. The van der Waals surface area contributed by atoms with Crippen LogP contribution in [0.1, 0.15) is 12.6 Å². The lowest BCUT2D eigenvalue weighted by atomic mass is 10.3. The van der Waals surface area contributed by atoms with Crippen LogP contribution in [-0.2, 0) is 16.6 Å². The first-order valence-corrected chi connectivity index (χ1v) is 9.98. The first-order chi connectivity index (χ1) is 12.9. The number of nitrogens with zero attached hydrogens (tertiary/aromatic N) is 3. The Morgan fingerprint density at radius 3 is 2.59 bits per heavy atom. The lowest BCUT2D eigenvalue weighted by Crippen LogP contribution is -2.13. The zero-order valence-electron chi connectivity index (χ0n) is 15.1. The Kier molecular flexibility index (Phi) is 5.92. The third-order valence-electron chi connectivity index (χ3n) is 3.61. The van der Waals surface area contributed by atoms with Gasteiger partial charge in [0, 0.05) is 36.9 Å². The predicted molar refractivity (Wildman–Crippen MR) is 109 cm³/mol. The van der Waals surface area contributed by atoms with E-state index in [-0.39, 0.29) is 17.6 Å². The number of aryl methyl sites for hydroxylation is 2. The van der Waals surface area contributed by atoms with E-state index >= 15 is 0 Å². The summed E-state index contributed by atoms with van der Waals surface area (Å²) < 4.78 is 1.92. The second-order valence-electron chi connectivity index (χ2n) is 5.84. The molecule has 0 aliphatic carbocycles. The number of amides is 2. The number of nitrogens with one attached hydrogen (secondary N) is 2. The summed E-state index contributed by atoms with van der Waals surface area (Å²) in [5.41, 5.74) is 1.57. The van der Waals surface area contributed by atoms with Crippen LogP contribution < -0.4 is 10.6 Å². The number of carbonyl (C=O) groups excluding carboxylic acids is 2. The number of anilines is 2. The Hall–Kier alpha value is -2.65. The predicted octanol–water partition coefficient (Wildman–Crippen LogP) is 3.54. The molecule has 0 saturated heterocycles. The van der Waals surface area contributed by atoms with E-state index in [0.717, 1.165) is 27.0 Å². The van der Waals surface area contributed by atoms with Gasteiger partial charge in [-0.3, -0.25) is 9.59 Å². The third kappa shape index (κ3) is 4.95. The summed E-state index contributed by atoms with van der Waals surface area (Å²) in [7, 11) is 1.92. The Balaban J connectivity index is 1.57. The van der Waals surface area contributed by atoms with Crippen LogP contribution in [0.25, 0.3) is 10.7 Å². The number of benzene rings is 1. The monoisotopic (exact) mass is 401 g/mol. The first kappa shape index (κ1) is 19.1. The van der Waals surface area contributed by atoms with Gasteiger partial charge in [0.25, 0.3) is 0 Å². The molecule has 0 radical (unpaired) electrons. The highest BCUT2D eigenvalue weighted by molar-refractivity contribution is 8.00. The molecule has 0 unspecified atom stereocenters. The van der Waals surface area contributed by atoms with Crippen molar-refractivity contribution < 1.29 is 9.59 Å². The van der Waals surface area contributed by atoms with E-state index < -0.39 is 0 Å². The molecule has 3 rings (SSSR count). The van der Waals surface area contributed by atoms with Gasteiger partial charge in [0.2, 0.25) is 11.8 Å². The molecule has 140 valence electrons. The molecule has 0 saturated carbocycles. The Bertz CT molecular complexity index is 963. The summed E-state index contributed by atoms with van der Waals surface area (Å²) in [5, 5.41) is 6.12. The smallest absolute Gasteiger partial charge is 0.236 e. The van der Waals surface area contributed by atoms with Gasteiger partial charge in [-0.25, -0.2) is 9.97 Å². The minimum atomic E-state index is -0.119. The van der Waals surface area contributed by atoms with E-state index in [2.05, 4.69) is 20.6 Å². The summed E-state index contributed by atoms with van der Waals surface area (Å²) in [5.74, 6) is 0.874. The van der Waals surface area contributed by atoms with Gasteiger partial charge in [-0.1, -0.05) is 11.3 Å². The molecule has 2 amide bonds. The fourth-order valence-electron chi connectivity index (χ4n) is 2.38. The Morgan fingerprint density at radius 1 is 1.22 bits per heavy atom. The summed E-state index contributed by atoms with van der Waals surface area (Å²) in [6, 6.07) is 7.36. The molecule has 2 N–H and O–H groups in total. The highest BCUT2D eigenvalue weighted by atomic mass is 32.2. The topological polar surface area (TPSA) is 88.9 Å². The molecule has 0 aliphatic heterocycles. The van der Waals surface area contributed by atoms with Crippen molar-refractivity contribution in [2.75, 3.05) is 16.4 Å². The molecule has 9 heteroatoms. The van der Waals surface area contributed by atoms with Crippen LogP contribution >= 0.6 is 23.1 Å². The fraction of sp³-hybridized carbons (Fsp3) is 0.222. The maximum atomic E-state index is 12.2. The van der Waals surface area contributed by atoms with Gasteiger partial charge in [0.05, 0.1) is 16.3 Å². The number of hydrogen-bond acceptors (Lipinski definition) is 6. The maximum absolute atomic E-state index is 12.2. The molecule has 3 aromatic rings. The van der Waals surface area contributed by atoms with Crippen molar-refractivity contribution in [1.29, 1.82) is 0 Å². The van der Waals surface area contributed by atoms with Gasteiger partial charge >= 0.3 is 0 Å². The van der Waals surface area contributed by atoms with Gasteiger partial charge in [-0.15, -0.1) is 11.8 Å². The number of thioether (sulfide) groups is 1. The third-order valence-corrected chi connectivity index (χ3v) is 5.69. The molecule has 0 bridgehead atoms. The van der Waals surface area contributed by atoms with Crippen molar-refractivity contribution in [2.45, 2.75) is 18.7 Å². The molecule has 2 aromatic heterocycles. The van der Waals surface area contributed by atoms with Crippen molar-refractivity contribution in [3.8, 4) is 10.7 Å². The van der Waals surface area contributed by atoms with E-state index in [9.17, 15) is 9.59 Å². The van der Waals surface area contributed by atoms with Crippen LogP contribution in [0, 0.1) is 6.92 Å². The van der Waals surface area contributed by atoms with Crippen LogP contribution in [-0.4, -0.2) is 32.1 Å². The quantitative estimate of drug-likeness (QED) is 0.617. The molecule has 0 spiro atoms. The van der Waals surface area contributed by atoms with Crippen LogP contribution in [0.15, 0.2) is 41.6 Å². The molecular formula is C18H19N5O2S2. The van der Waals surface area contributed by atoms with Crippen LogP contribution in [0.5, 0.6) is 0 Å². The molecular weight excluding hydrogens is 382 g/mol. The highest BCUT2D eigenvalue weighted by Gasteiger charge is 2.15. The largest absolute Gasteiger partial charge is 0.333 e. The lowest BCUT2D eigenvalue weighted by molar-refractivity contribution is -0.114. The normalized spacial score (nSPS) is 10.6. The molecule has 1 aromatic carbocycles. The first-order valence-electron chi connectivity index (χ1n) is 8.18. The maximum Gasteiger partial charge on any atom is 0.236 e. The summed E-state index contributed by atoms with van der Waals surface area (Å²) in [6.07, 6.45) is 3.61. The average molecular weight is 402 g/mol. The zero-order valence-corrected chi connectivity index (χ0v) is 16.8. The summed E-state index contributed by atoms with van der Waals surface area (Å²) in [6.45, 7) is 3.37.